The molecule has 0 spiro atoms. The Kier molecular flexibility index (Phi) is 6.69. The van der Waals surface area contributed by atoms with Crippen molar-refractivity contribution in [1.82, 2.24) is 10.5 Å². The predicted molar refractivity (Wildman–Crippen MR) is 84.4 cm³/mol. The minimum Gasteiger partial charge on any atom is -0.394 e. The number of nitrogens with zero attached hydrogens (tertiary/aromatic N) is 1. The number of pyridine rings is 1. The first-order chi connectivity index (χ1) is 13.1. The van der Waals surface area contributed by atoms with Crippen molar-refractivity contribution in [3.8, 4) is 0 Å². The van der Waals surface area contributed by atoms with Gasteiger partial charge >= 0.3 is 6.18 Å². The average molecular weight is 430 g/mol. The molecule has 2 rings (SSSR count). The van der Waals surface area contributed by atoms with E-state index in [1.165, 1.54) is 0 Å². The highest BCUT2D eigenvalue weighted by molar-refractivity contribution is 6.33. The van der Waals surface area contributed by atoms with E-state index >= 15 is 0 Å². The van der Waals surface area contributed by atoms with Crippen LogP contribution in [0.1, 0.15) is 15.9 Å². The van der Waals surface area contributed by atoms with Crippen molar-refractivity contribution in [2.75, 3.05) is 18.5 Å². The van der Waals surface area contributed by atoms with E-state index < -0.39 is 63.8 Å². The van der Waals surface area contributed by atoms with Gasteiger partial charge in [-0.15, -0.1) is 0 Å². The number of aromatic nitrogens is 1. The number of alkyl halides is 3. The molecular weight excluding hydrogens is 420 g/mol. The molecule has 1 heterocycles. The monoisotopic (exact) mass is 429 g/mol. The molecule has 0 atom stereocenters. The third kappa shape index (κ3) is 4.82. The molecule has 0 aliphatic heterocycles. The molecule has 28 heavy (non-hydrogen) atoms. The highest BCUT2D eigenvalue weighted by Crippen LogP contribution is 2.35. The normalized spacial score (nSPS) is 11.4. The van der Waals surface area contributed by atoms with Crippen molar-refractivity contribution in [2.24, 2.45) is 0 Å². The summed E-state index contributed by atoms with van der Waals surface area (Å²) in [5.74, 6) is -7.29. The maximum Gasteiger partial charge on any atom is 0.417 e. The van der Waals surface area contributed by atoms with Crippen molar-refractivity contribution in [3.05, 3.63) is 51.9 Å². The summed E-state index contributed by atoms with van der Waals surface area (Å²) in [6, 6.07) is 0.801. The van der Waals surface area contributed by atoms with Gasteiger partial charge in [0.15, 0.2) is 17.5 Å². The lowest BCUT2D eigenvalue weighted by molar-refractivity contribution is -0.137. The molecule has 0 aliphatic rings. The van der Waals surface area contributed by atoms with Crippen molar-refractivity contribution in [2.45, 2.75) is 6.18 Å². The summed E-state index contributed by atoms with van der Waals surface area (Å²) in [6.45, 7) is -0.838. The Morgan fingerprint density at radius 2 is 1.89 bits per heavy atom. The fraction of sp³-hybridized carbons (Fsp3) is 0.200. The van der Waals surface area contributed by atoms with Crippen LogP contribution in [0.4, 0.5) is 37.8 Å². The molecule has 1 aromatic heterocycles. The lowest BCUT2D eigenvalue weighted by Crippen LogP contribution is -2.26. The Morgan fingerprint density at radius 1 is 1.21 bits per heavy atom. The lowest BCUT2D eigenvalue weighted by Gasteiger charge is -2.15. The number of carbonyl (C=O) groups is 1. The largest absolute Gasteiger partial charge is 0.417 e. The van der Waals surface area contributed by atoms with Crippen LogP contribution in [-0.2, 0) is 11.0 Å². The van der Waals surface area contributed by atoms with Crippen LogP contribution in [0.3, 0.4) is 0 Å². The van der Waals surface area contributed by atoms with Gasteiger partial charge in [-0.25, -0.2) is 23.6 Å². The first-order valence-corrected chi connectivity index (χ1v) is 7.64. The molecule has 0 saturated carbocycles. The molecule has 1 amide bonds. The van der Waals surface area contributed by atoms with Crippen LogP contribution < -0.4 is 10.8 Å². The Morgan fingerprint density at radius 3 is 2.46 bits per heavy atom. The Bertz CT molecular complexity index is 894. The van der Waals surface area contributed by atoms with Gasteiger partial charge in [0.25, 0.3) is 5.91 Å². The Balaban J connectivity index is 2.44. The summed E-state index contributed by atoms with van der Waals surface area (Å²) in [7, 11) is 0. The molecule has 2 aromatic rings. The van der Waals surface area contributed by atoms with Crippen LogP contribution in [0.2, 0.25) is 5.02 Å². The number of anilines is 2. The molecule has 0 saturated heterocycles. The van der Waals surface area contributed by atoms with Gasteiger partial charge in [0.05, 0.1) is 35.1 Å². The maximum atomic E-state index is 14.2. The number of halogens is 7. The Hall–Kier alpha value is -2.57. The SMILES string of the molecule is O=C(NOCCO)c1cc(F)c(F)c(F)c1Nc1ncc(C(F)(F)F)cc1Cl. The summed E-state index contributed by atoms with van der Waals surface area (Å²) in [5, 5.41) is 10.0. The van der Waals surface area contributed by atoms with Gasteiger partial charge in [-0.3, -0.25) is 9.63 Å². The molecule has 3 N–H and O–H groups in total. The number of rotatable bonds is 6. The highest BCUT2D eigenvalue weighted by Gasteiger charge is 2.32. The number of benzene rings is 1. The van der Waals surface area contributed by atoms with Crippen LogP contribution in [0.15, 0.2) is 18.3 Å². The number of hydrogen-bond donors (Lipinski definition) is 3. The molecule has 0 bridgehead atoms. The van der Waals surface area contributed by atoms with Gasteiger partial charge in [0, 0.05) is 6.20 Å². The maximum absolute atomic E-state index is 14.2. The fourth-order valence-corrected chi connectivity index (χ4v) is 2.13. The summed E-state index contributed by atoms with van der Waals surface area (Å²) >= 11 is 5.67. The van der Waals surface area contributed by atoms with E-state index in [1.54, 1.807) is 5.48 Å². The first kappa shape index (κ1) is 21.7. The summed E-state index contributed by atoms with van der Waals surface area (Å²) in [6.07, 6.45) is -4.38. The van der Waals surface area contributed by atoms with Gasteiger partial charge in [-0.05, 0) is 12.1 Å². The van der Waals surface area contributed by atoms with E-state index in [0.29, 0.717) is 18.3 Å². The minimum atomic E-state index is -4.75. The molecule has 0 aliphatic carbocycles. The highest BCUT2D eigenvalue weighted by atomic mass is 35.5. The zero-order chi connectivity index (χ0) is 21.1. The van der Waals surface area contributed by atoms with Crippen LogP contribution in [0.5, 0.6) is 0 Å². The molecule has 6 nitrogen and oxygen atoms in total. The van der Waals surface area contributed by atoms with E-state index in [4.69, 9.17) is 16.7 Å². The minimum absolute atomic E-state index is 0.330. The number of hydroxylamine groups is 1. The predicted octanol–water partition coefficient (Wildman–Crippen LogP) is 3.57. The number of nitrogens with one attached hydrogen (secondary N) is 2. The zero-order valence-electron chi connectivity index (χ0n) is 13.5. The number of aliphatic hydroxyl groups is 1. The van der Waals surface area contributed by atoms with E-state index in [2.05, 4.69) is 15.1 Å². The third-order valence-electron chi connectivity index (χ3n) is 3.18. The van der Waals surface area contributed by atoms with E-state index in [9.17, 15) is 31.1 Å². The van der Waals surface area contributed by atoms with E-state index in [0.717, 1.165) is 0 Å². The molecular formula is C15H10ClF6N3O3. The van der Waals surface area contributed by atoms with Crippen LogP contribution >= 0.6 is 11.6 Å². The van der Waals surface area contributed by atoms with E-state index in [1.807, 2.05) is 0 Å². The van der Waals surface area contributed by atoms with Gasteiger partial charge in [-0.2, -0.15) is 13.2 Å². The zero-order valence-corrected chi connectivity index (χ0v) is 14.3. The Labute approximate surface area is 158 Å². The van der Waals surface area contributed by atoms with E-state index in [-0.39, 0.29) is 6.61 Å². The van der Waals surface area contributed by atoms with Crippen LogP contribution in [0, 0.1) is 17.5 Å². The number of amides is 1. The molecule has 0 radical (unpaired) electrons. The summed E-state index contributed by atoms with van der Waals surface area (Å²) in [4.78, 5) is 19.9. The standard InChI is InChI=1S/C15H10ClF6N3O3/c16-8-3-6(15(20,21)22)5-23-13(8)24-12-7(14(27)25-28-2-1-26)4-9(17)10(18)11(12)19/h3-5,26H,1-2H2,(H,23,24)(H,25,27). The second kappa shape index (κ2) is 8.63. The van der Waals surface area contributed by atoms with Crippen molar-refractivity contribution < 1.29 is 41.1 Å². The van der Waals surface area contributed by atoms with Gasteiger partial charge in [-0.1, -0.05) is 11.6 Å². The topological polar surface area (TPSA) is 83.5 Å². The lowest BCUT2D eigenvalue weighted by atomic mass is 10.1. The molecule has 152 valence electrons. The smallest absolute Gasteiger partial charge is 0.394 e. The summed E-state index contributed by atoms with van der Waals surface area (Å²) in [5.41, 5.74) is -1.20. The third-order valence-corrected chi connectivity index (χ3v) is 3.47. The van der Waals surface area contributed by atoms with Gasteiger partial charge < -0.3 is 10.4 Å². The van der Waals surface area contributed by atoms with Crippen LogP contribution in [0.25, 0.3) is 0 Å². The second-order valence-corrected chi connectivity index (χ2v) is 5.50. The summed E-state index contributed by atoms with van der Waals surface area (Å²) < 4.78 is 79.2. The molecule has 13 heteroatoms. The molecule has 0 fully saturated rings. The number of carbonyl (C=O) groups excluding carboxylic acids is 1. The molecule has 1 aromatic carbocycles. The second-order valence-electron chi connectivity index (χ2n) is 5.09. The number of hydrogen-bond acceptors (Lipinski definition) is 5. The molecule has 0 unspecified atom stereocenters. The first-order valence-electron chi connectivity index (χ1n) is 7.26. The van der Waals surface area contributed by atoms with Crippen molar-refractivity contribution in [1.29, 1.82) is 0 Å². The van der Waals surface area contributed by atoms with Gasteiger partial charge in [0.1, 0.15) is 5.82 Å². The van der Waals surface area contributed by atoms with Crippen LogP contribution in [-0.4, -0.2) is 29.2 Å². The quantitative estimate of drug-likeness (QED) is 0.283. The van der Waals surface area contributed by atoms with Gasteiger partial charge in [0.2, 0.25) is 0 Å². The van der Waals surface area contributed by atoms with Crippen molar-refractivity contribution >= 4 is 29.0 Å². The van der Waals surface area contributed by atoms with Crippen molar-refractivity contribution in [3.63, 3.8) is 0 Å². The average Bonchev–Trinajstić information content (AvgIpc) is 2.62. The fourth-order valence-electron chi connectivity index (χ4n) is 1.92. The number of aliphatic hydroxyl groups excluding tert-OH is 1.